The molecule has 1 amide bonds. The van der Waals surface area contributed by atoms with E-state index >= 15 is 0 Å². The summed E-state index contributed by atoms with van der Waals surface area (Å²) in [5.74, 6) is 0.557. The van der Waals surface area contributed by atoms with Gasteiger partial charge in [-0.2, -0.15) is 0 Å². The average Bonchev–Trinajstić information content (AvgIpc) is 3.13. The number of rotatable bonds is 8. The minimum atomic E-state index is -0.398. The molecule has 1 atom stereocenters. The molecule has 0 saturated carbocycles. The van der Waals surface area contributed by atoms with Crippen LogP contribution in [0, 0.1) is 11.3 Å². The standard InChI is InChI=1S/C25H33NO5S/c1-6-30-13-14-31-18-10-7-16(8-11-18)22(27)26-23-21(24(28)29-5)19-12-9-17(25(2,3)4)15-20(19)32-23/h7-8,10-11,17H,6,9,12-15H2,1-5H3,(H,26,27). The number of hydrogen-bond donors (Lipinski definition) is 1. The van der Waals surface area contributed by atoms with Crippen molar-refractivity contribution in [3.05, 3.63) is 45.8 Å². The van der Waals surface area contributed by atoms with Crippen LogP contribution in [0.2, 0.25) is 0 Å². The Morgan fingerprint density at radius 1 is 1.16 bits per heavy atom. The lowest BCUT2D eigenvalue weighted by atomic mass is 9.72. The summed E-state index contributed by atoms with van der Waals surface area (Å²) < 4.78 is 15.9. The van der Waals surface area contributed by atoms with Crippen molar-refractivity contribution in [3.63, 3.8) is 0 Å². The van der Waals surface area contributed by atoms with Gasteiger partial charge in [-0.25, -0.2) is 4.79 Å². The van der Waals surface area contributed by atoms with Gasteiger partial charge in [0.2, 0.25) is 0 Å². The van der Waals surface area contributed by atoms with E-state index in [2.05, 4.69) is 26.1 Å². The predicted octanol–water partition coefficient (Wildman–Crippen LogP) is 5.35. The van der Waals surface area contributed by atoms with Crippen LogP contribution < -0.4 is 10.1 Å². The van der Waals surface area contributed by atoms with Gasteiger partial charge < -0.3 is 19.5 Å². The smallest absolute Gasteiger partial charge is 0.341 e. The maximum absolute atomic E-state index is 12.9. The average molecular weight is 460 g/mol. The fourth-order valence-electron chi connectivity index (χ4n) is 3.97. The summed E-state index contributed by atoms with van der Waals surface area (Å²) in [6.07, 6.45) is 2.76. The molecule has 32 heavy (non-hydrogen) atoms. The highest BCUT2D eigenvalue weighted by Crippen LogP contribution is 2.44. The van der Waals surface area contributed by atoms with E-state index < -0.39 is 5.97 Å². The van der Waals surface area contributed by atoms with Crippen LogP contribution in [-0.4, -0.2) is 38.8 Å². The predicted molar refractivity (Wildman–Crippen MR) is 127 cm³/mol. The molecule has 3 rings (SSSR count). The largest absolute Gasteiger partial charge is 0.491 e. The van der Waals surface area contributed by atoms with Crippen LogP contribution in [0.5, 0.6) is 5.75 Å². The van der Waals surface area contributed by atoms with Crippen LogP contribution in [0.25, 0.3) is 0 Å². The zero-order valence-electron chi connectivity index (χ0n) is 19.6. The number of ether oxygens (including phenoxy) is 3. The summed E-state index contributed by atoms with van der Waals surface area (Å²) in [5.41, 5.74) is 2.22. The summed E-state index contributed by atoms with van der Waals surface area (Å²) in [7, 11) is 1.38. The van der Waals surface area contributed by atoms with E-state index in [1.807, 2.05) is 6.92 Å². The second-order valence-electron chi connectivity index (χ2n) is 9.03. The molecule has 0 saturated heterocycles. The van der Waals surface area contributed by atoms with Gasteiger partial charge in [0.1, 0.15) is 17.4 Å². The van der Waals surface area contributed by atoms with Crippen LogP contribution in [0.15, 0.2) is 24.3 Å². The molecule has 1 aromatic carbocycles. The first kappa shape index (κ1) is 24.3. The Kier molecular flexibility index (Phi) is 7.96. The molecule has 174 valence electrons. The Balaban J connectivity index is 1.76. The van der Waals surface area contributed by atoms with Crippen molar-refractivity contribution in [1.82, 2.24) is 0 Å². The maximum atomic E-state index is 12.9. The fourth-order valence-corrected chi connectivity index (χ4v) is 5.28. The number of hydrogen-bond acceptors (Lipinski definition) is 6. The minimum Gasteiger partial charge on any atom is -0.491 e. The van der Waals surface area contributed by atoms with E-state index in [1.54, 1.807) is 24.3 Å². The highest BCUT2D eigenvalue weighted by molar-refractivity contribution is 7.17. The molecule has 1 aliphatic rings. The van der Waals surface area contributed by atoms with Crippen molar-refractivity contribution in [3.8, 4) is 5.75 Å². The second kappa shape index (κ2) is 10.5. The molecule has 1 unspecified atom stereocenters. The maximum Gasteiger partial charge on any atom is 0.341 e. The Hall–Kier alpha value is -2.38. The topological polar surface area (TPSA) is 73.9 Å². The van der Waals surface area contributed by atoms with Gasteiger partial charge in [0.05, 0.1) is 19.3 Å². The summed E-state index contributed by atoms with van der Waals surface area (Å²) in [6.45, 7) is 10.3. The molecule has 1 aromatic heterocycles. The fraction of sp³-hybridized carbons (Fsp3) is 0.520. The third kappa shape index (κ3) is 5.70. The number of carbonyl (C=O) groups is 2. The number of methoxy groups -OCH3 is 1. The van der Waals surface area contributed by atoms with Gasteiger partial charge in [0.25, 0.3) is 5.91 Å². The normalized spacial score (nSPS) is 15.7. The molecule has 0 fully saturated rings. The Bertz CT molecular complexity index is 942. The van der Waals surface area contributed by atoms with Crippen molar-refractivity contribution in [2.45, 2.75) is 47.0 Å². The summed E-state index contributed by atoms with van der Waals surface area (Å²) >= 11 is 1.50. The molecule has 1 aliphatic carbocycles. The molecule has 6 nitrogen and oxygen atoms in total. The highest BCUT2D eigenvalue weighted by atomic mass is 32.1. The van der Waals surface area contributed by atoms with E-state index in [0.29, 0.717) is 47.6 Å². The number of amides is 1. The molecule has 0 radical (unpaired) electrons. The van der Waals surface area contributed by atoms with Crippen molar-refractivity contribution in [1.29, 1.82) is 0 Å². The van der Waals surface area contributed by atoms with Gasteiger partial charge in [0, 0.05) is 17.0 Å². The van der Waals surface area contributed by atoms with Crippen molar-refractivity contribution < 1.29 is 23.8 Å². The lowest BCUT2D eigenvalue weighted by Crippen LogP contribution is -2.26. The number of esters is 1. The molecule has 0 bridgehead atoms. The lowest BCUT2D eigenvalue weighted by molar-refractivity contribution is 0.0600. The number of nitrogens with one attached hydrogen (secondary N) is 1. The van der Waals surface area contributed by atoms with Gasteiger partial charge in [-0.15, -0.1) is 11.3 Å². The van der Waals surface area contributed by atoms with E-state index in [1.165, 1.54) is 23.3 Å². The molecule has 7 heteroatoms. The third-order valence-corrected chi connectivity index (χ3v) is 7.09. The molecule has 2 aromatic rings. The number of anilines is 1. The zero-order valence-corrected chi connectivity index (χ0v) is 20.4. The van der Waals surface area contributed by atoms with Crippen LogP contribution >= 0.6 is 11.3 Å². The Morgan fingerprint density at radius 2 is 1.88 bits per heavy atom. The molecule has 1 N–H and O–H groups in total. The van der Waals surface area contributed by atoms with Crippen molar-refractivity contribution >= 4 is 28.2 Å². The van der Waals surface area contributed by atoms with E-state index in [0.717, 1.165) is 24.8 Å². The molecule has 0 aliphatic heterocycles. The molecule has 0 spiro atoms. The van der Waals surface area contributed by atoms with E-state index in [-0.39, 0.29) is 11.3 Å². The minimum absolute atomic E-state index is 0.197. The lowest BCUT2D eigenvalue weighted by Gasteiger charge is -2.33. The van der Waals surface area contributed by atoms with E-state index in [4.69, 9.17) is 14.2 Å². The zero-order chi connectivity index (χ0) is 23.3. The van der Waals surface area contributed by atoms with Crippen molar-refractivity contribution in [2.75, 3.05) is 32.2 Å². The first-order chi connectivity index (χ1) is 15.2. The summed E-state index contributed by atoms with van der Waals surface area (Å²) in [4.78, 5) is 26.6. The quantitative estimate of drug-likeness (QED) is 0.425. The van der Waals surface area contributed by atoms with Gasteiger partial charge in [0.15, 0.2) is 0 Å². The van der Waals surface area contributed by atoms with Gasteiger partial charge in [-0.3, -0.25) is 4.79 Å². The summed E-state index contributed by atoms with van der Waals surface area (Å²) in [6, 6.07) is 6.95. The monoisotopic (exact) mass is 459 g/mol. The third-order valence-electron chi connectivity index (χ3n) is 5.92. The Labute approximate surface area is 194 Å². The SMILES string of the molecule is CCOCCOc1ccc(C(=O)Nc2sc3c(c2C(=O)OC)CCC(C(C)(C)C)C3)cc1. The molecular formula is C25H33NO5S. The first-order valence-corrected chi connectivity index (χ1v) is 11.9. The first-order valence-electron chi connectivity index (χ1n) is 11.1. The number of carbonyl (C=O) groups excluding carboxylic acids is 2. The van der Waals surface area contributed by atoms with Crippen LogP contribution in [-0.2, 0) is 22.3 Å². The number of thiophene rings is 1. The number of benzene rings is 1. The second-order valence-corrected chi connectivity index (χ2v) is 10.1. The van der Waals surface area contributed by atoms with E-state index in [9.17, 15) is 9.59 Å². The summed E-state index contributed by atoms with van der Waals surface area (Å²) in [5, 5.41) is 3.52. The number of fused-ring (bicyclic) bond motifs is 1. The van der Waals surface area contributed by atoms with Crippen LogP contribution in [0.4, 0.5) is 5.00 Å². The Morgan fingerprint density at radius 3 is 2.50 bits per heavy atom. The molecule has 1 heterocycles. The van der Waals surface area contributed by atoms with Crippen molar-refractivity contribution in [2.24, 2.45) is 11.3 Å². The van der Waals surface area contributed by atoms with Crippen LogP contribution in [0.3, 0.4) is 0 Å². The van der Waals surface area contributed by atoms with Crippen LogP contribution in [0.1, 0.15) is 65.3 Å². The molecular weight excluding hydrogens is 426 g/mol. The van der Waals surface area contributed by atoms with Gasteiger partial charge in [-0.05, 0) is 67.3 Å². The van der Waals surface area contributed by atoms with Gasteiger partial charge in [-0.1, -0.05) is 20.8 Å². The van der Waals surface area contributed by atoms with Gasteiger partial charge >= 0.3 is 5.97 Å². The highest BCUT2D eigenvalue weighted by Gasteiger charge is 2.34.